The van der Waals surface area contributed by atoms with Crippen LogP contribution in [0.15, 0.2) is 59.7 Å². The molecule has 2 aromatic carbocycles. The topological polar surface area (TPSA) is 154 Å². The van der Waals surface area contributed by atoms with Gasteiger partial charge in [-0.25, -0.2) is 27.6 Å². The van der Waals surface area contributed by atoms with Crippen LogP contribution >= 0.6 is 11.6 Å². The van der Waals surface area contributed by atoms with Gasteiger partial charge in [0, 0.05) is 23.0 Å². The van der Waals surface area contributed by atoms with E-state index < -0.39 is 40.3 Å². The van der Waals surface area contributed by atoms with Crippen molar-refractivity contribution in [3.8, 4) is 17.1 Å². The molecule has 42 heavy (non-hydrogen) atoms. The van der Waals surface area contributed by atoms with Gasteiger partial charge in [-0.1, -0.05) is 23.7 Å². The van der Waals surface area contributed by atoms with Crippen molar-refractivity contribution >= 4 is 27.3 Å². The first-order valence-corrected chi connectivity index (χ1v) is 14.7. The third-order valence-electron chi connectivity index (χ3n) is 6.52. The number of hydrogen-bond acceptors (Lipinski definition) is 8. The van der Waals surface area contributed by atoms with Crippen molar-refractivity contribution in [3.63, 3.8) is 0 Å². The number of aromatic nitrogens is 6. The third-order valence-corrected chi connectivity index (χ3v) is 8.73. The number of carbonyl (C=O) groups is 1. The lowest BCUT2D eigenvalue weighted by Crippen LogP contribution is -2.44. The summed E-state index contributed by atoms with van der Waals surface area (Å²) in [6.07, 6.45) is -6.48. The fraction of sp³-hybridized carbons (Fsp3) is 0.320. The predicted octanol–water partition coefficient (Wildman–Crippen LogP) is 1.69. The van der Waals surface area contributed by atoms with Crippen LogP contribution < -0.4 is 11.0 Å². The zero-order valence-corrected chi connectivity index (χ0v) is 23.1. The lowest BCUT2D eigenvalue weighted by atomic mass is 10.1. The summed E-state index contributed by atoms with van der Waals surface area (Å²) in [5, 5.41) is 21.2. The first kappa shape index (κ1) is 29.5. The largest absolute Gasteiger partial charge is 0.416 e. The first-order chi connectivity index (χ1) is 19.8. The fourth-order valence-electron chi connectivity index (χ4n) is 4.40. The van der Waals surface area contributed by atoms with Crippen LogP contribution in [0.3, 0.4) is 0 Å². The average molecular weight is 626 g/mol. The molecule has 0 bridgehead atoms. The number of aliphatic hydroxyl groups is 1. The normalized spacial score (nSPS) is 15.7. The molecule has 2 N–H and O–H groups in total. The summed E-state index contributed by atoms with van der Waals surface area (Å²) >= 11 is 5.91. The Morgan fingerprint density at radius 2 is 1.81 bits per heavy atom. The molecule has 1 aliphatic rings. The molecule has 1 fully saturated rings. The number of nitrogens with one attached hydrogen (secondary N) is 1. The molecule has 222 valence electrons. The number of hydrogen-bond donors (Lipinski definition) is 2. The summed E-state index contributed by atoms with van der Waals surface area (Å²) < 4.78 is 65.0. The Balaban J connectivity index is 1.39. The summed E-state index contributed by atoms with van der Waals surface area (Å²) in [6, 6.07) is 12.4. The Morgan fingerprint density at radius 1 is 1.12 bits per heavy atom. The minimum atomic E-state index is -4.96. The number of alkyl halides is 3. The van der Waals surface area contributed by atoms with Gasteiger partial charge in [0.2, 0.25) is 0 Å². The summed E-state index contributed by atoms with van der Waals surface area (Å²) in [6.45, 7) is -1.22. The van der Waals surface area contributed by atoms with Crippen molar-refractivity contribution in [2.24, 2.45) is 5.92 Å². The molecule has 0 spiro atoms. The zero-order valence-electron chi connectivity index (χ0n) is 21.6. The number of rotatable bonds is 9. The quantitative estimate of drug-likeness (QED) is 0.285. The second kappa shape index (κ2) is 11.3. The fourth-order valence-corrected chi connectivity index (χ4v) is 6.10. The average Bonchev–Trinajstić information content (AvgIpc) is 3.51. The molecule has 12 nitrogen and oxygen atoms in total. The molecule has 1 saturated heterocycles. The monoisotopic (exact) mass is 625 g/mol. The lowest BCUT2D eigenvalue weighted by molar-refractivity contribution is -0.207. The van der Waals surface area contributed by atoms with Crippen molar-refractivity contribution < 1.29 is 31.5 Å². The molecule has 2 aromatic heterocycles. The highest BCUT2D eigenvalue weighted by Gasteiger charge is 2.39. The van der Waals surface area contributed by atoms with Crippen LogP contribution in [0.1, 0.15) is 16.2 Å². The Hall–Kier alpha value is -4.02. The lowest BCUT2D eigenvalue weighted by Gasteiger charge is -2.25. The maximum Gasteiger partial charge on any atom is 0.416 e. The number of benzene rings is 2. The van der Waals surface area contributed by atoms with Gasteiger partial charge < -0.3 is 10.4 Å². The number of aliphatic hydroxyl groups excluding tert-OH is 1. The highest BCUT2D eigenvalue weighted by molar-refractivity contribution is 7.92. The van der Waals surface area contributed by atoms with Gasteiger partial charge in [-0.15, -0.1) is 10.2 Å². The molecule has 1 amide bonds. The molecule has 0 radical (unpaired) electrons. The van der Waals surface area contributed by atoms with Gasteiger partial charge in [0.15, 0.2) is 27.6 Å². The van der Waals surface area contributed by atoms with E-state index in [-0.39, 0.29) is 47.7 Å². The maximum atomic E-state index is 13.1. The van der Waals surface area contributed by atoms with E-state index in [0.717, 1.165) is 4.68 Å². The number of nitrogens with zero attached hydrogens (tertiary/aromatic N) is 6. The van der Waals surface area contributed by atoms with Crippen LogP contribution in [0.25, 0.3) is 17.1 Å². The number of sulfone groups is 1. The molecule has 3 heterocycles. The van der Waals surface area contributed by atoms with Crippen LogP contribution in [0.2, 0.25) is 5.02 Å². The summed E-state index contributed by atoms with van der Waals surface area (Å²) in [5.74, 6) is -0.622. The van der Waals surface area contributed by atoms with E-state index >= 15 is 0 Å². The van der Waals surface area contributed by atoms with Gasteiger partial charge >= 0.3 is 11.9 Å². The van der Waals surface area contributed by atoms with Crippen molar-refractivity contribution in [1.29, 1.82) is 0 Å². The highest BCUT2D eigenvalue weighted by atomic mass is 35.5. The van der Waals surface area contributed by atoms with Gasteiger partial charge in [0.1, 0.15) is 12.9 Å². The molecule has 1 aliphatic heterocycles. The molecule has 5 rings (SSSR count). The number of carbonyl (C=O) groups excluding carboxylic acids is 1. The molecule has 0 aliphatic carbocycles. The number of amides is 1. The molecule has 4 aromatic rings. The molecule has 1 unspecified atom stereocenters. The first-order valence-electron chi connectivity index (χ1n) is 12.5. The minimum Gasteiger partial charge on any atom is -0.382 e. The van der Waals surface area contributed by atoms with Gasteiger partial charge in [0.05, 0.1) is 29.3 Å². The van der Waals surface area contributed by atoms with Crippen molar-refractivity contribution in [3.05, 3.63) is 81.8 Å². The van der Waals surface area contributed by atoms with E-state index in [1.54, 1.807) is 24.3 Å². The second-order valence-electron chi connectivity index (χ2n) is 9.71. The van der Waals surface area contributed by atoms with E-state index in [2.05, 4.69) is 20.5 Å². The summed E-state index contributed by atoms with van der Waals surface area (Å²) in [4.78, 5) is 30.1. The zero-order chi connectivity index (χ0) is 30.2. The van der Waals surface area contributed by atoms with Crippen molar-refractivity contribution in [1.82, 2.24) is 34.4 Å². The smallest absolute Gasteiger partial charge is 0.382 e. The number of halogens is 4. The Morgan fingerprint density at radius 3 is 2.48 bits per heavy atom. The molecular weight excluding hydrogens is 603 g/mol. The van der Waals surface area contributed by atoms with Gasteiger partial charge in [-0.05, 0) is 36.4 Å². The Kier molecular flexibility index (Phi) is 7.96. The van der Waals surface area contributed by atoms with E-state index in [4.69, 9.17) is 11.6 Å². The molecule has 17 heteroatoms. The van der Waals surface area contributed by atoms with Crippen molar-refractivity contribution in [2.75, 3.05) is 18.1 Å². The SMILES string of the molecule is O=C(NCC1CS(=O)(=O)C1)c1ccccc1-n1cnc(Cn2nc(-c3ccc(Cl)cc3)n(CC(O)C(F)(F)F)c2=O)n1. The Bertz CT molecular complexity index is 1770. The van der Waals surface area contributed by atoms with E-state index in [1.807, 2.05) is 0 Å². The Labute approximate surface area is 241 Å². The van der Waals surface area contributed by atoms with Crippen molar-refractivity contribution in [2.45, 2.75) is 25.4 Å². The molecule has 1 atom stereocenters. The molecular formula is C25H23ClF3N7O5S. The number of para-hydroxylation sites is 1. The highest BCUT2D eigenvalue weighted by Crippen LogP contribution is 2.24. The van der Waals surface area contributed by atoms with Crippen LogP contribution in [-0.4, -0.2) is 78.9 Å². The predicted molar refractivity (Wildman–Crippen MR) is 144 cm³/mol. The van der Waals surface area contributed by atoms with Gasteiger partial charge in [-0.3, -0.25) is 9.36 Å². The van der Waals surface area contributed by atoms with E-state index in [1.165, 1.54) is 35.3 Å². The van der Waals surface area contributed by atoms with Crippen LogP contribution in [0.5, 0.6) is 0 Å². The summed E-state index contributed by atoms with van der Waals surface area (Å²) in [7, 11) is -3.02. The third kappa shape index (κ3) is 6.39. The van der Waals surface area contributed by atoms with E-state index in [0.29, 0.717) is 20.8 Å². The van der Waals surface area contributed by atoms with E-state index in [9.17, 15) is 36.3 Å². The summed E-state index contributed by atoms with van der Waals surface area (Å²) in [5.41, 5.74) is -0.0494. The van der Waals surface area contributed by atoms with Gasteiger partial charge in [-0.2, -0.15) is 13.2 Å². The van der Waals surface area contributed by atoms with Gasteiger partial charge in [0.25, 0.3) is 5.91 Å². The van der Waals surface area contributed by atoms with Crippen LogP contribution in [0.4, 0.5) is 13.2 Å². The maximum absolute atomic E-state index is 13.1. The molecule has 0 saturated carbocycles. The second-order valence-corrected chi connectivity index (χ2v) is 12.3. The minimum absolute atomic E-state index is 0.0192. The van der Waals surface area contributed by atoms with Crippen LogP contribution in [-0.2, 0) is 22.9 Å². The standard InChI is InChI=1S/C25H23ClF3N7O5S/c26-17-7-5-16(6-8-17)22-33-35(24(39)34(22)10-20(37)25(27,28)29)11-21-31-14-36(32-21)19-4-2-1-3-18(19)23(38)30-9-15-12-42(40,41)13-15/h1-8,14-15,20,37H,9-13H2,(H,30,38). The van der Waals surface area contributed by atoms with Crippen LogP contribution in [0, 0.1) is 5.92 Å².